The molecule has 0 amide bonds. The van der Waals surface area contributed by atoms with Crippen LogP contribution in [0.2, 0.25) is 0 Å². The summed E-state index contributed by atoms with van der Waals surface area (Å²) in [6.07, 6.45) is 1.49. The van der Waals surface area contributed by atoms with Gasteiger partial charge in [-0.1, -0.05) is 22.1 Å². The fraction of sp³-hybridized carbons (Fsp3) is 0.0833. The number of azide groups is 1. The quantitative estimate of drug-likeness (QED) is 0.378. The lowest BCUT2D eigenvalue weighted by Gasteiger charge is -2.00. The first-order valence-electron chi connectivity index (χ1n) is 5.05. The van der Waals surface area contributed by atoms with Crippen LogP contribution in [0.4, 0.5) is 0 Å². The molecule has 2 rings (SSSR count). The SMILES string of the molecule is [N-]=[N+]=NCC#Cc1ccc(O)c(-c2ccno2)c1. The largest absolute Gasteiger partial charge is 0.507 e. The van der Waals surface area contributed by atoms with Crippen LogP contribution in [0.15, 0.2) is 40.1 Å². The van der Waals surface area contributed by atoms with Crippen LogP contribution >= 0.6 is 0 Å². The van der Waals surface area contributed by atoms with E-state index >= 15 is 0 Å². The standard InChI is InChI=1S/C12H8N4O2/c13-16-14-6-1-2-9-3-4-11(17)10(8-9)12-5-7-15-18-12/h3-5,7-8,17H,6H2. The van der Waals surface area contributed by atoms with Gasteiger partial charge in [0.05, 0.1) is 18.3 Å². The van der Waals surface area contributed by atoms with Crippen molar-refractivity contribution < 1.29 is 9.63 Å². The van der Waals surface area contributed by atoms with Crippen LogP contribution in [-0.4, -0.2) is 16.8 Å². The minimum absolute atomic E-state index is 0.0901. The van der Waals surface area contributed by atoms with E-state index in [0.29, 0.717) is 16.9 Å². The summed E-state index contributed by atoms with van der Waals surface area (Å²) in [6, 6.07) is 6.51. The number of phenols is 1. The Kier molecular flexibility index (Phi) is 3.50. The zero-order valence-corrected chi connectivity index (χ0v) is 9.24. The van der Waals surface area contributed by atoms with Crippen molar-refractivity contribution >= 4 is 0 Å². The van der Waals surface area contributed by atoms with Crippen LogP contribution in [-0.2, 0) is 0 Å². The zero-order valence-electron chi connectivity index (χ0n) is 9.24. The number of rotatable bonds is 2. The molecule has 1 aromatic carbocycles. The Morgan fingerprint density at radius 3 is 3.06 bits per heavy atom. The van der Waals surface area contributed by atoms with Gasteiger partial charge >= 0.3 is 0 Å². The highest BCUT2D eigenvalue weighted by molar-refractivity contribution is 5.67. The molecule has 1 N–H and O–H groups in total. The van der Waals surface area contributed by atoms with E-state index in [9.17, 15) is 5.11 Å². The number of hydrogen-bond acceptors (Lipinski definition) is 4. The van der Waals surface area contributed by atoms with Gasteiger partial charge in [-0.2, -0.15) is 0 Å². The minimum atomic E-state index is 0.0901. The van der Waals surface area contributed by atoms with Gasteiger partial charge in [0.15, 0.2) is 5.76 Å². The molecule has 1 aromatic heterocycles. The summed E-state index contributed by atoms with van der Waals surface area (Å²) < 4.78 is 4.97. The molecule has 0 saturated heterocycles. The summed E-state index contributed by atoms with van der Waals surface area (Å²) in [5.74, 6) is 6.07. The Labute approximate surface area is 102 Å². The topological polar surface area (TPSA) is 95.0 Å². The second kappa shape index (κ2) is 5.43. The molecule has 1 heterocycles. The number of nitrogens with zero attached hydrogens (tertiary/aromatic N) is 4. The third-order valence-corrected chi connectivity index (χ3v) is 2.15. The molecule has 2 aromatic rings. The number of hydrogen-bond donors (Lipinski definition) is 1. The van der Waals surface area contributed by atoms with Gasteiger partial charge in [0.25, 0.3) is 0 Å². The first kappa shape index (κ1) is 11.6. The van der Waals surface area contributed by atoms with Crippen LogP contribution in [0.25, 0.3) is 21.8 Å². The lowest BCUT2D eigenvalue weighted by Crippen LogP contribution is -1.80. The van der Waals surface area contributed by atoms with Crippen molar-refractivity contribution in [1.29, 1.82) is 0 Å². The molecule has 0 aliphatic heterocycles. The van der Waals surface area contributed by atoms with E-state index < -0.39 is 0 Å². The van der Waals surface area contributed by atoms with Gasteiger partial charge in [0, 0.05) is 16.5 Å². The maximum absolute atomic E-state index is 9.71. The maximum Gasteiger partial charge on any atom is 0.170 e. The van der Waals surface area contributed by atoms with Crippen LogP contribution in [0.3, 0.4) is 0 Å². The second-order valence-corrected chi connectivity index (χ2v) is 3.30. The van der Waals surface area contributed by atoms with Gasteiger partial charge in [-0.3, -0.25) is 0 Å². The van der Waals surface area contributed by atoms with E-state index in [4.69, 9.17) is 10.1 Å². The number of aromatic nitrogens is 1. The average Bonchev–Trinajstić information content (AvgIpc) is 2.90. The Hall–Kier alpha value is -2.90. The monoisotopic (exact) mass is 240 g/mol. The third-order valence-electron chi connectivity index (χ3n) is 2.15. The van der Waals surface area contributed by atoms with Gasteiger partial charge < -0.3 is 9.63 Å². The summed E-state index contributed by atoms with van der Waals surface area (Å²) in [6.45, 7) is 0.106. The van der Waals surface area contributed by atoms with Gasteiger partial charge in [-0.15, -0.1) is 0 Å². The predicted molar refractivity (Wildman–Crippen MR) is 64.5 cm³/mol. The van der Waals surface area contributed by atoms with E-state index in [1.165, 1.54) is 12.3 Å². The Balaban J connectivity index is 2.31. The summed E-state index contributed by atoms with van der Waals surface area (Å²) in [5, 5.41) is 16.6. The van der Waals surface area contributed by atoms with Crippen LogP contribution < -0.4 is 0 Å². The number of benzene rings is 1. The number of phenolic OH excluding ortho intramolecular Hbond substituents is 1. The summed E-state index contributed by atoms with van der Waals surface area (Å²) in [4.78, 5) is 2.60. The molecule has 0 bridgehead atoms. The first-order chi connectivity index (χ1) is 8.81. The van der Waals surface area contributed by atoms with E-state index in [1.54, 1.807) is 18.2 Å². The van der Waals surface area contributed by atoms with Crippen molar-refractivity contribution in [2.24, 2.45) is 5.11 Å². The molecule has 18 heavy (non-hydrogen) atoms. The van der Waals surface area contributed by atoms with E-state index in [0.717, 1.165) is 0 Å². The van der Waals surface area contributed by atoms with Crippen molar-refractivity contribution in [3.05, 3.63) is 46.5 Å². The Morgan fingerprint density at radius 1 is 1.44 bits per heavy atom. The summed E-state index contributed by atoms with van der Waals surface area (Å²) in [7, 11) is 0. The van der Waals surface area contributed by atoms with Gasteiger partial charge in [0.1, 0.15) is 5.75 Å². The fourth-order valence-corrected chi connectivity index (χ4v) is 1.37. The molecule has 0 radical (unpaired) electrons. The van der Waals surface area contributed by atoms with E-state index in [2.05, 4.69) is 27.0 Å². The van der Waals surface area contributed by atoms with Crippen LogP contribution in [0.5, 0.6) is 5.75 Å². The molecule has 0 spiro atoms. The minimum Gasteiger partial charge on any atom is -0.507 e. The molecule has 6 heteroatoms. The van der Waals surface area contributed by atoms with E-state index in [-0.39, 0.29) is 12.3 Å². The maximum atomic E-state index is 9.71. The highest BCUT2D eigenvalue weighted by Gasteiger charge is 2.08. The molecule has 0 unspecified atom stereocenters. The molecular weight excluding hydrogens is 232 g/mol. The highest BCUT2D eigenvalue weighted by Crippen LogP contribution is 2.29. The van der Waals surface area contributed by atoms with Crippen molar-refractivity contribution in [2.75, 3.05) is 6.54 Å². The molecule has 0 atom stereocenters. The molecule has 0 aliphatic carbocycles. The second-order valence-electron chi connectivity index (χ2n) is 3.30. The van der Waals surface area contributed by atoms with Crippen molar-refractivity contribution in [1.82, 2.24) is 5.16 Å². The van der Waals surface area contributed by atoms with E-state index in [1.807, 2.05) is 0 Å². The molecule has 0 saturated carbocycles. The molecular formula is C12H8N4O2. The third kappa shape index (κ3) is 2.61. The first-order valence-corrected chi connectivity index (χ1v) is 5.05. The zero-order chi connectivity index (χ0) is 12.8. The Morgan fingerprint density at radius 2 is 2.33 bits per heavy atom. The van der Waals surface area contributed by atoms with Gasteiger partial charge in [0.2, 0.25) is 0 Å². The lowest BCUT2D eigenvalue weighted by atomic mass is 10.1. The van der Waals surface area contributed by atoms with Gasteiger partial charge in [-0.25, -0.2) is 0 Å². The highest BCUT2D eigenvalue weighted by atomic mass is 16.5. The van der Waals surface area contributed by atoms with Crippen molar-refractivity contribution in [3.63, 3.8) is 0 Å². The molecule has 0 aliphatic rings. The van der Waals surface area contributed by atoms with Crippen LogP contribution in [0, 0.1) is 11.8 Å². The normalized spacial score (nSPS) is 9.11. The average molecular weight is 240 g/mol. The fourth-order valence-electron chi connectivity index (χ4n) is 1.37. The lowest BCUT2D eigenvalue weighted by molar-refractivity contribution is 0.426. The number of aromatic hydroxyl groups is 1. The van der Waals surface area contributed by atoms with Crippen molar-refractivity contribution in [3.8, 4) is 28.9 Å². The smallest absolute Gasteiger partial charge is 0.170 e. The Bertz CT molecular complexity index is 646. The van der Waals surface area contributed by atoms with Gasteiger partial charge in [-0.05, 0) is 23.7 Å². The van der Waals surface area contributed by atoms with Crippen molar-refractivity contribution in [2.45, 2.75) is 0 Å². The molecule has 6 nitrogen and oxygen atoms in total. The summed E-state index contributed by atoms with van der Waals surface area (Å²) in [5.41, 5.74) is 9.31. The summed E-state index contributed by atoms with van der Waals surface area (Å²) >= 11 is 0. The van der Waals surface area contributed by atoms with Crippen LogP contribution in [0.1, 0.15) is 5.56 Å². The predicted octanol–water partition coefficient (Wildman–Crippen LogP) is 2.71. The molecule has 88 valence electrons. The molecule has 0 fully saturated rings.